The van der Waals surface area contributed by atoms with Crippen LogP contribution in [0.15, 0.2) is 103 Å². The van der Waals surface area contributed by atoms with Gasteiger partial charge in [-0.15, -0.1) is 0 Å². The van der Waals surface area contributed by atoms with Crippen molar-refractivity contribution < 1.29 is 28.6 Å². The van der Waals surface area contributed by atoms with Gasteiger partial charge in [0.2, 0.25) is 0 Å². The van der Waals surface area contributed by atoms with E-state index >= 15 is 0 Å². The number of amides is 2. The quantitative estimate of drug-likeness (QED) is 0.167. The van der Waals surface area contributed by atoms with Gasteiger partial charge in [-0.2, -0.15) is 0 Å². The molecule has 1 N–H and O–H groups in total. The molecule has 0 aliphatic carbocycles. The second kappa shape index (κ2) is 15.6. The normalized spacial score (nSPS) is 18.5. The van der Waals surface area contributed by atoms with Gasteiger partial charge in [-0.05, 0) is 71.6 Å². The van der Waals surface area contributed by atoms with Gasteiger partial charge in [0.15, 0.2) is 0 Å². The fourth-order valence-corrected chi connectivity index (χ4v) is 6.49. The number of carbonyl (C=O) groups excluding carboxylic acids is 3. The first-order chi connectivity index (χ1) is 23.5. The van der Waals surface area contributed by atoms with Crippen molar-refractivity contribution in [1.82, 2.24) is 15.1 Å². The molecular weight excluding hydrogens is 606 g/mol. The highest BCUT2D eigenvalue weighted by Crippen LogP contribution is 2.31. The predicted molar refractivity (Wildman–Crippen MR) is 182 cm³/mol. The predicted octanol–water partition coefficient (Wildman–Crippen LogP) is 6.03. The van der Waals surface area contributed by atoms with Gasteiger partial charge in [0.25, 0.3) is 5.91 Å². The van der Waals surface area contributed by atoms with Crippen molar-refractivity contribution in [3.63, 3.8) is 0 Å². The maximum atomic E-state index is 13.4. The van der Waals surface area contributed by atoms with Crippen LogP contribution in [0.4, 0.5) is 4.79 Å². The Morgan fingerprint density at radius 3 is 2.40 bits per heavy atom. The number of aldehydes is 1. The van der Waals surface area contributed by atoms with E-state index in [1.165, 1.54) is 0 Å². The van der Waals surface area contributed by atoms with Crippen molar-refractivity contribution >= 4 is 18.3 Å². The minimum atomic E-state index is -0.420. The number of ether oxygens (including phenoxy) is 3. The van der Waals surface area contributed by atoms with Gasteiger partial charge in [-0.25, -0.2) is 4.79 Å². The number of benzene rings is 4. The Morgan fingerprint density at radius 1 is 0.896 bits per heavy atom. The summed E-state index contributed by atoms with van der Waals surface area (Å²) in [6.45, 7) is 3.86. The summed E-state index contributed by atoms with van der Waals surface area (Å²) in [5.74, 6) is 1.62. The summed E-state index contributed by atoms with van der Waals surface area (Å²) in [5, 5.41) is 3.10. The highest BCUT2D eigenvalue weighted by Gasteiger charge is 2.40. The van der Waals surface area contributed by atoms with E-state index in [-0.39, 0.29) is 18.4 Å². The van der Waals surface area contributed by atoms with Crippen LogP contribution in [-0.2, 0) is 22.7 Å². The second-order valence-corrected chi connectivity index (χ2v) is 12.3. The van der Waals surface area contributed by atoms with E-state index in [1.807, 2.05) is 91.0 Å². The van der Waals surface area contributed by atoms with Crippen LogP contribution in [0.1, 0.15) is 51.5 Å². The molecule has 0 aromatic heterocycles. The zero-order valence-corrected chi connectivity index (χ0v) is 27.1. The summed E-state index contributed by atoms with van der Waals surface area (Å²) in [6, 6.07) is 32.0. The number of nitrogens with one attached hydrogen (secondary N) is 1. The molecule has 6 rings (SSSR count). The summed E-state index contributed by atoms with van der Waals surface area (Å²) in [5.41, 5.74) is 4.16. The first kappa shape index (κ1) is 32.8. The molecule has 2 amide bonds. The SMILES string of the molecule is COc1cccc(CN(CCC=O)C(=O)c2ccc(COc3cccc([C@@H](NC(=O)O[C@H]4CN5CCC4C5)c4ccccc4)c3)cc2)c1. The zero-order chi connectivity index (χ0) is 33.3. The van der Waals surface area contributed by atoms with Gasteiger partial charge in [-0.3, -0.25) is 9.69 Å². The van der Waals surface area contributed by atoms with Gasteiger partial charge < -0.3 is 29.2 Å². The van der Waals surface area contributed by atoms with E-state index in [2.05, 4.69) is 10.2 Å². The third-order valence-corrected chi connectivity index (χ3v) is 9.04. The van der Waals surface area contributed by atoms with Gasteiger partial charge in [-0.1, -0.05) is 66.7 Å². The number of hydrogen-bond acceptors (Lipinski definition) is 7. The minimum Gasteiger partial charge on any atom is -0.497 e. The average molecular weight is 648 g/mol. The molecule has 2 fully saturated rings. The molecule has 2 aliphatic rings. The highest BCUT2D eigenvalue weighted by molar-refractivity contribution is 5.94. The van der Waals surface area contributed by atoms with Crippen LogP contribution in [-0.4, -0.2) is 67.5 Å². The molecule has 2 heterocycles. The van der Waals surface area contributed by atoms with E-state index in [1.54, 1.807) is 24.1 Å². The van der Waals surface area contributed by atoms with Crippen LogP contribution in [0, 0.1) is 5.92 Å². The Hall–Kier alpha value is -5.15. The van der Waals surface area contributed by atoms with Crippen molar-refractivity contribution in [3.8, 4) is 11.5 Å². The van der Waals surface area contributed by atoms with E-state index in [0.29, 0.717) is 42.7 Å². The molecular formula is C39H41N3O6. The van der Waals surface area contributed by atoms with E-state index in [9.17, 15) is 14.4 Å². The van der Waals surface area contributed by atoms with E-state index < -0.39 is 12.1 Å². The molecule has 248 valence electrons. The van der Waals surface area contributed by atoms with Crippen molar-refractivity contribution in [2.45, 2.75) is 38.1 Å². The molecule has 9 heteroatoms. The molecule has 2 saturated heterocycles. The number of nitrogens with zero attached hydrogens (tertiary/aromatic N) is 2. The van der Waals surface area contributed by atoms with Crippen LogP contribution in [0.3, 0.4) is 0 Å². The van der Waals surface area contributed by atoms with Crippen LogP contribution in [0.5, 0.6) is 11.5 Å². The summed E-state index contributed by atoms with van der Waals surface area (Å²) >= 11 is 0. The fraction of sp³-hybridized carbons (Fsp3) is 0.308. The molecule has 2 aliphatic heterocycles. The Kier molecular flexibility index (Phi) is 10.7. The molecule has 9 nitrogen and oxygen atoms in total. The number of alkyl carbamates (subject to hydrolysis) is 1. The lowest BCUT2D eigenvalue weighted by atomic mass is 9.98. The monoisotopic (exact) mass is 647 g/mol. The van der Waals surface area contributed by atoms with E-state index in [4.69, 9.17) is 14.2 Å². The largest absolute Gasteiger partial charge is 0.497 e. The van der Waals surface area contributed by atoms with E-state index in [0.717, 1.165) is 54.6 Å². The lowest BCUT2D eigenvalue weighted by Crippen LogP contribution is -2.37. The van der Waals surface area contributed by atoms with Gasteiger partial charge >= 0.3 is 6.09 Å². The maximum absolute atomic E-state index is 13.4. The summed E-state index contributed by atoms with van der Waals surface area (Å²) in [4.78, 5) is 41.7. The smallest absolute Gasteiger partial charge is 0.408 e. The topological polar surface area (TPSA) is 97.4 Å². The van der Waals surface area contributed by atoms with Gasteiger partial charge in [0, 0.05) is 44.1 Å². The van der Waals surface area contributed by atoms with Crippen molar-refractivity contribution in [2.75, 3.05) is 33.3 Å². The van der Waals surface area contributed by atoms with Crippen molar-refractivity contribution in [3.05, 3.63) is 131 Å². The first-order valence-electron chi connectivity index (χ1n) is 16.4. The van der Waals surface area contributed by atoms with Crippen LogP contribution < -0.4 is 14.8 Å². The lowest BCUT2D eigenvalue weighted by molar-refractivity contribution is -0.108. The third-order valence-electron chi connectivity index (χ3n) is 9.04. The molecule has 4 aromatic rings. The number of methoxy groups -OCH3 is 1. The first-order valence-corrected chi connectivity index (χ1v) is 16.4. The summed E-state index contributed by atoms with van der Waals surface area (Å²) in [7, 11) is 1.60. The number of carbonyl (C=O) groups is 3. The maximum Gasteiger partial charge on any atom is 0.408 e. The third kappa shape index (κ3) is 8.22. The average Bonchev–Trinajstić information content (AvgIpc) is 3.76. The fourth-order valence-electron chi connectivity index (χ4n) is 6.49. The molecule has 0 spiro atoms. The van der Waals surface area contributed by atoms with Crippen LogP contribution in [0.25, 0.3) is 0 Å². The van der Waals surface area contributed by atoms with Crippen LogP contribution in [0.2, 0.25) is 0 Å². The lowest BCUT2D eigenvalue weighted by Gasteiger charge is -2.25. The molecule has 0 radical (unpaired) electrons. The minimum absolute atomic E-state index is 0.0705. The molecule has 48 heavy (non-hydrogen) atoms. The zero-order valence-electron chi connectivity index (χ0n) is 27.1. The summed E-state index contributed by atoms with van der Waals surface area (Å²) < 4.78 is 17.4. The second-order valence-electron chi connectivity index (χ2n) is 12.3. The van der Waals surface area contributed by atoms with Crippen LogP contribution >= 0.6 is 0 Å². The Labute approximate surface area is 281 Å². The number of fused-ring (bicyclic) bond motifs is 2. The molecule has 4 atom stereocenters. The number of piperidine rings is 1. The highest BCUT2D eigenvalue weighted by atomic mass is 16.6. The molecule has 2 bridgehead atoms. The van der Waals surface area contributed by atoms with Crippen molar-refractivity contribution in [2.24, 2.45) is 5.92 Å². The summed E-state index contributed by atoms with van der Waals surface area (Å²) in [6.07, 6.45) is 1.66. The van der Waals surface area contributed by atoms with Gasteiger partial charge in [0.1, 0.15) is 30.5 Å². The number of rotatable bonds is 14. The Balaban J connectivity index is 1.10. The Bertz CT molecular complexity index is 1700. The molecule has 0 saturated carbocycles. The number of hydrogen-bond donors (Lipinski definition) is 1. The standard InChI is InChI=1S/C39H41N3O6/c1-46-34-12-5-8-29(22-34)24-42(19-7-21-43)38(44)31-16-14-28(15-17-31)27-47-35-13-6-11-32(23-35)37(30-9-3-2-4-10-30)40-39(45)48-36-26-41-20-18-33(36)25-41/h2-6,8-17,21-23,33,36-37H,7,18-20,24-27H2,1H3,(H,40,45)/t33?,36-,37-/m0/s1. The van der Waals surface area contributed by atoms with Crippen molar-refractivity contribution in [1.29, 1.82) is 0 Å². The molecule has 2 unspecified atom stereocenters. The molecule has 4 aromatic carbocycles. The Morgan fingerprint density at radius 2 is 1.67 bits per heavy atom. The van der Waals surface area contributed by atoms with Gasteiger partial charge in [0.05, 0.1) is 13.2 Å².